The first-order valence-corrected chi connectivity index (χ1v) is 9.73. The van der Waals surface area contributed by atoms with Crippen LogP contribution in [0.4, 0.5) is 0 Å². The smallest absolute Gasteiger partial charge is 0.233 e. The fraction of sp³-hybridized carbons (Fsp3) is 0.667. The number of benzene rings is 1. The molecule has 0 spiro atoms. The van der Waals surface area contributed by atoms with Crippen LogP contribution in [0.25, 0.3) is 0 Å². The lowest BCUT2D eigenvalue weighted by Crippen LogP contribution is -2.48. The van der Waals surface area contributed by atoms with Gasteiger partial charge in [-0.25, -0.2) is 0 Å². The van der Waals surface area contributed by atoms with Crippen LogP contribution in [0.2, 0.25) is 0 Å². The second kappa shape index (κ2) is 6.18. The minimum Gasteiger partial charge on any atom is -0.341 e. The first kappa shape index (κ1) is 16.1. The maximum atomic E-state index is 13.7. The van der Waals surface area contributed by atoms with Crippen LogP contribution in [0.5, 0.6) is 0 Å². The molecule has 2 aliphatic carbocycles. The molecule has 1 amide bonds. The Bertz CT molecular complexity index is 620. The molecule has 1 saturated heterocycles. The molecule has 1 aromatic carbocycles. The predicted molar refractivity (Wildman–Crippen MR) is 96.7 cm³/mol. The second-order valence-corrected chi connectivity index (χ2v) is 8.33. The maximum absolute atomic E-state index is 13.7. The quantitative estimate of drug-likeness (QED) is 0.905. The van der Waals surface area contributed by atoms with Gasteiger partial charge in [0.25, 0.3) is 0 Å². The fourth-order valence-electron chi connectivity index (χ4n) is 5.64. The van der Waals surface area contributed by atoms with Gasteiger partial charge < -0.3 is 10.6 Å². The molecule has 3 nitrogen and oxygen atoms in total. The number of hydrogen-bond donors (Lipinski definition) is 1. The largest absolute Gasteiger partial charge is 0.341 e. The summed E-state index contributed by atoms with van der Waals surface area (Å²) in [6.07, 6.45) is 7.95. The summed E-state index contributed by atoms with van der Waals surface area (Å²) in [5.41, 5.74) is 8.55. The number of amides is 1. The number of fused-ring (bicyclic) bond motifs is 1. The highest BCUT2D eigenvalue weighted by molar-refractivity contribution is 5.89. The Morgan fingerprint density at radius 2 is 1.88 bits per heavy atom. The van der Waals surface area contributed by atoms with Crippen molar-refractivity contribution in [2.45, 2.75) is 63.3 Å². The van der Waals surface area contributed by atoms with Crippen molar-refractivity contribution < 1.29 is 4.79 Å². The van der Waals surface area contributed by atoms with Gasteiger partial charge in [0, 0.05) is 19.1 Å². The van der Waals surface area contributed by atoms with E-state index in [9.17, 15) is 4.79 Å². The monoisotopic (exact) mass is 326 g/mol. The van der Waals surface area contributed by atoms with E-state index in [-0.39, 0.29) is 5.41 Å². The zero-order chi connectivity index (χ0) is 16.7. The molecule has 1 aromatic rings. The molecule has 1 heterocycles. The Balaban J connectivity index is 1.65. The van der Waals surface area contributed by atoms with Crippen LogP contribution in [0.15, 0.2) is 24.3 Å². The normalized spacial score (nSPS) is 31.9. The first-order chi connectivity index (χ1) is 11.6. The summed E-state index contributed by atoms with van der Waals surface area (Å²) in [4.78, 5) is 15.9. The minimum atomic E-state index is -0.285. The van der Waals surface area contributed by atoms with Gasteiger partial charge in [0.1, 0.15) is 0 Å². The van der Waals surface area contributed by atoms with E-state index in [1.165, 1.54) is 36.8 Å². The highest BCUT2D eigenvalue weighted by Crippen LogP contribution is 2.45. The third-order valence-corrected chi connectivity index (χ3v) is 6.98. The van der Waals surface area contributed by atoms with Crippen molar-refractivity contribution >= 4 is 5.91 Å². The van der Waals surface area contributed by atoms with Crippen molar-refractivity contribution in [3.8, 4) is 0 Å². The summed E-state index contributed by atoms with van der Waals surface area (Å²) >= 11 is 0. The van der Waals surface area contributed by atoms with Gasteiger partial charge in [-0.3, -0.25) is 4.79 Å². The second-order valence-electron chi connectivity index (χ2n) is 8.33. The van der Waals surface area contributed by atoms with E-state index in [0.717, 1.165) is 32.4 Å². The summed E-state index contributed by atoms with van der Waals surface area (Å²) < 4.78 is 0. The number of hydrogen-bond acceptors (Lipinski definition) is 2. The van der Waals surface area contributed by atoms with Crippen molar-refractivity contribution in [1.82, 2.24) is 4.90 Å². The Morgan fingerprint density at radius 1 is 1.12 bits per heavy atom. The molecule has 2 saturated carbocycles. The molecule has 3 atom stereocenters. The number of carbonyl (C=O) groups is 1. The molecule has 4 rings (SSSR count). The van der Waals surface area contributed by atoms with E-state index in [1.807, 2.05) is 0 Å². The van der Waals surface area contributed by atoms with Crippen LogP contribution in [0.3, 0.4) is 0 Å². The van der Waals surface area contributed by atoms with Gasteiger partial charge in [0.15, 0.2) is 0 Å². The highest BCUT2D eigenvalue weighted by Gasteiger charge is 2.49. The van der Waals surface area contributed by atoms with Crippen LogP contribution < -0.4 is 5.73 Å². The highest BCUT2D eigenvalue weighted by atomic mass is 16.2. The lowest BCUT2D eigenvalue weighted by Gasteiger charge is -2.40. The van der Waals surface area contributed by atoms with Gasteiger partial charge in [-0.2, -0.15) is 0 Å². The van der Waals surface area contributed by atoms with Gasteiger partial charge in [-0.1, -0.05) is 43.5 Å². The maximum Gasteiger partial charge on any atom is 0.233 e. The van der Waals surface area contributed by atoms with E-state index in [1.54, 1.807) is 0 Å². The van der Waals surface area contributed by atoms with Gasteiger partial charge in [-0.15, -0.1) is 0 Å². The molecule has 130 valence electrons. The van der Waals surface area contributed by atoms with Crippen molar-refractivity contribution in [3.63, 3.8) is 0 Å². The fourth-order valence-corrected chi connectivity index (χ4v) is 5.64. The Morgan fingerprint density at radius 3 is 2.58 bits per heavy atom. The Hall–Kier alpha value is -1.35. The average Bonchev–Trinajstić information content (AvgIpc) is 3.17. The van der Waals surface area contributed by atoms with Crippen molar-refractivity contribution in [2.75, 3.05) is 13.1 Å². The lowest BCUT2D eigenvalue weighted by molar-refractivity contribution is -0.138. The average molecular weight is 326 g/mol. The van der Waals surface area contributed by atoms with Crippen LogP contribution in [-0.4, -0.2) is 29.9 Å². The molecule has 3 heteroatoms. The summed E-state index contributed by atoms with van der Waals surface area (Å²) in [6.45, 7) is 3.98. The molecule has 0 aromatic heterocycles. The Labute approximate surface area is 145 Å². The molecule has 0 bridgehead atoms. The van der Waals surface area contributed by atoms with Crippen molar-refractivity contribution in [3.05, 3.63) is 35.4 Å². The molecule has 1 aliphatic heterocycles. The predicted octanol–water partition coefficient (Wildman–Crippen LogP) is 3.39. The molecular weight excluding hydrogens is 296 g/mol. The summed E-state index contributed by atoms with van der Waals surface area (Å²) in [5, 5.41) is 0. The molecule has 24 heavy (non-hydrogen) atoms. The Kier molecular flexibility index (Phi) is 4.16. The van der Waals surface area contributed by atoms with Crippen molar-refractivity contribution in [1.29, 1.82) is 0 Å². The number of aryl methyl sites for hydroxylation is 1. The third kappa shape index (κ3) is 2.48. The van der Waals surface area contributed by atoms with Crippen molar-refractivity contribution in [2.24, 2.45) is 17.6 Å². The van der Waals surface area contributed by atoms with Crippen LogP contribution in [0.1, 0.15) is 56.1 Å². The number of nitrogens with zero attached hydrogens (tertiary/aromatic N) is 1. The number of nitrogens with two attached hydrogens (primary N) is 1. The van der Waals surface area contributed by atoms with Crippen LogP contribution >= 0.6 is 0 Å². The standard InChI is InChI=1S/C21H30N2O/c1-15-7-3-4-8-18(15)21(11-5-2-6-12-21)20(24)23-13-16-9-10-19(22)17(16)14-23/h3-4,7-8,16-17,19H,2,5-6,9-14,22H2,1H3. The molecule has 0 radical (unpaired) electrons. The van der Waals surface area contributed by atoms with Gasteiger partial charge in [0.05, 0.1) is 5.41 Å². The van der Waals surface area contributed by atoms with E-state index in [2.05, 4.69) is 36.1 Å². The number of rotatable bonds is 2. The molecule has 3 unspecified atom stereocenters. The zero-order valence-corrected chi connectivity index (χ0v) is 14.8. The van der Waals surface area contributed by atoms with Crippen LogP contribution in [-0.2, 0) is 10.2 Å². The summed E-state index contributed by atoms with van der Waals surface area (Å²) in [5.74, 6) is 1.56. The van der Waals surface area contributed by atoms with Gasteiger partial charge >= 0.3 is 0 Å². The van der Waals surface area contributed by atoms with E-state index in [4.69, 9.17) is 5.73 Å². The molecule has 3 fully saturated rings. The van der Waals surface area contributed by atoms with E-state index < -0.39 is 0 Å². The lowest BCUT2D eigenvalue weighted by atomic mass is 9.67. The van der Waals surface area contributed by atoms with E-state index >= 15 is 0 Å². The van der Waals surface area contributed by atoms with Gasteiger partial charge in [0.2, 0.25) is 5.91 Å². The first-order valence-electron chi connectivity index (χ1n) is 9.73. The molecule has 3 aliphatic rings. The van der Waals surface area contributed by atoms with Crippen LogP contribution in [0, 0.1) is 18.8 Å². The summed E-state index contributed by atoms with van der Waals surface area (Å²) in [7, 11) is 0. The minimum absolute atomic E-state index is 0.285. The van der Waals surface area contributed by atoms with Gasteiger partial charge in [-0.05, 0) is 55.6 Å². The molecule has 2 N–H and O–H groups in total. The topological polar surface area (TPSA) is 46.3 Å². The zero-order valence-electron chi connectivity index (χ0n) is 14.8. The number of carbonyl (C=O) groups excluding carboxylic acids is 1. The SMILES string of the molecule is Cc1ccccc1C1(C(=O)N2CC3CCC(N)C3C2)CCCCC1. The third-order valence-electron chi connectivity index (χ3n) is 6.98. The van der Waals surface area contributed by atoms with E-state index in [0.29, 0.717) is 23.8 Å². The molecular formula is C21H30N2O. The summed E-state index contributed by atoms with van der Waals surface area (Å²) in [6, 6.07) is 8.84. The number of likely N-dealkylation sites (tertiary alicyclic amines) is 1.